The summed E-state index contributed by atoms with van der Waals surface area (Å²) < 4.78 is 36.8. The molecule has 1 N–H and O–H groups in total. The van der Waals surface area contributed by atoms with Crippen LogP contribution in [0.1, 0.15) is 19.0 Å². The van der Waals surface area contributed by atoms with Gasteiger partial charge < -0.3 is 5.32 Å². The van der Waals surface area contributed by atoms with Gasteiger partial charge in [-0.2, -0.15) is 13.2 Å². The largest absolute Gasteiger partial charge is 0.433 e. The number of alkyl halides is 4. The van der Waals surface area contributed by atoms with Gasteiger partial charge in [0, 0.05) is 18.1 Å². The maximum Gasteiger partial charge on any atom is 0.433 e. The van der Waals surface area contributed by atoms with Gasteiger partial charge in [-0.1, -0.05) is 0 Å². The highest BCUT2D eigenvalue weighted by molar-refractivity contribution is 6.20. The van der Waals surface area contributed by atoms with Gasteiger partial charge in [-0.05, 0) is 19.4 Å². The molecule has 1 unspecified atom stereocenters. The lowest BCUT2D eigenvalue weighted by Gasteiger charge is -2.08. The Balaban J connectivity index is 2.61. The summed E-state index contributed by atoms with van der Waals surface area (Å²) in [5.74, 6) is -0.0351. The molecule has 90 valence electrons. The first-order valence-electron chi connectivity index (χ1n) is 4.68. The van der Waals surface area contributed by atoms with Crippen molar-refractivity contribution in [1.29, 1.82) is 0 Å². The van der Waals surface area contributed by atoms with Crippen LogP contribution < -0.4 is 5.32 Å². The van der Waals surface area contributed by atoms with Crippen molar-refractivity contribution in [2.75, 3.05) is 11.9 Å². The van der Waals surface area contributed by atoms with Crippen LogP contribution in [0.3, 0.4) is 0 Å². The maximum absolute atomic E-state index is 12.3. The molecule has 0 saturated carbocycles. The van der Waals surface area contributed by atoms with E-state index in [1.54, 1.807) is 6.92 Å². The number of hydrogen-bond acceptors (Lipinski definition) is 3. The number of aromatic nitrogens is 2. The van der Waals surface area contributed by atoms with Crippen molar-refractivity contribution in [2.24, 2.45) is 0 Å². The molecule has 1 heterocycles. The molecule has 0 aliphatic carbocycles. The van der Waals surface area contributed by atoms with Gasteiger partial charge in [-0.15, -0.1) is 11.6 Å². The Labute approximate surface area is 96.0 Å². The molecule has 7 heteroatoms. The van der Waals surface area contributed by atoms with Crippen LogP contribution in [-0.2, 0) is 6.18 Å². The average molecular weight is 254 g/mol. The van der Waals surface area contributed by atoms with Crippen molar-refractivity contribution in [3.05, 3.63) is 18.0 Å². The van der Waals surface area contributed by atoms with E-state index in [9.17, 15) is 13.2 Å². The van der Waals surface area contributed by atoms with E-state index in [2.05, 4.69) is 15.3 Å². The molecule has 1 aromatic rings. The number of hydrogen-bond donors (Lipinski definition) is 1. The molecule has 0 aliphatic heterocycles. The SMILES string of the molecule is CC(Cl)CCNc1nccc(C(F)(F)F)n1. The molecule has 1 atom stereocenters. The van der Waals surface area contributed by atoms with Gasteiger partial charge in [0.25, 0.3) is 0 Å². The first-order valence-corrected chi connectivity index (χ1v) is 5.11. The van der Waals surface area contributed by atoms with E-state index < -0.39 is 11.9 Å². The molecule has 0 amide bonds. The summed E-state index contributed by atoms with van der Waals surface area (Å²) in [4.78, 5) is 7.04. The van der Waals surface area contributed by atoms with Crippen molar-refractivity contribution in [1.82, 2.24) is 9.97 Å². The van der Waals surface area contributed by atoms with E-state index in [0.717, 1.165) is 12.3 Å². The zero-order chi connectivity index (χ0) is 12.2. The third-order valence-corrected chi connectivity index (χ3v) is 1.99. The number of nitrogens with one attached hydrogen (secondary N) is 1. The molecule has 1 aromatic heterocycles. The Morgan fingerprint density at radius 1 is 1.50 bits per heavy atom. The van der Waals surface area contributed by atoms with Gasteiger partial charge in [0.2, 0.25) is 5.95 Å². The molecular formula is C9H11ClF3N3. The Hall–Kier alpha value is -1.04. The van der Waals surface area contributed by atoms with Crippen molar-refractivity contribution < 1.29 is 13.2 Å². The second kappa shape index (κ2) is 5.34. The van der Waals surface area contributed by atoms with Crippen molar-refractivity contribution in [2.45, 2.75) is 24.9 Å². The van der Waals surface area contributed by atoms with Gasteiger partial charge in [-0.25, -0.2) is 9.97 Å². The standard InChI is InChI=1S/C9H11ClF3N3/c1-6(10)2-4-14-8-15-5-3-7(16-8)9(11,12)13/h3,5-6H,2,4H2,1H3,(H,14,15,16). The summed E-state index contributed by atoms with van der Waals surface area (Å²) in [6.45, 7) is 2.24. The zero-order valence-electron chi connectivity index (χ0n) is 8.55. The molecule has 0 aromatic carbocycles. The van der Waals surface area contributed by atoms with E-state index in [0.29, 0.717) is 13.0 Å². The normalized spacial score (nSPS) is 13.6. The van der Waals surface area contributed by atoms with Crippen LogP contribution >= 0.6 is 11.6 Å². The third kappa shape index (κ3) is 4.22. The lowest BCUT2D eigenvalue weighted by atomic mass is 10.3. The third-order valence-electron chi connectivity index (χ3n) is 1.77. The number of anilines is 1. The first kappa shape index (κ1) is 13.0. The van der Waals surface area contributed by atoms with Gasteiger partial charge in [-0.3, -0.25) is 0 Å². The summed E-state index contributed by atoms with van der Waals surface area (Å²) in [7, 11) is 0. The quantitative estimate of drug-likeness (QED) is 0.839. The van der Waals surface area contributed by atoms with Crippen LogP contribution in [-0.4, -0.2) is 21.9 Å². The Morgan fingerprint density at radius 2 is 2.19 bits per heavy atom. The molecule has 0 spiro atoms. The molecule has 3 nitrogen and oxygen atoms in total. The Kier molecular flexibility index (Phi) is 4.35. The predicted molar refractivity (Wildman–Crippen MR) is 55.5 cm³/mol. The lowest BCUT2D eigenvalue weighted by Crippen LogP contribution is -2.13. The fourth-order valence-electron chi connectivity index (χ4n) is 0.985. The number of nitrogens with zero attached hydrogens (tertiary/aromatic N) is 2. The van der Waals surface area contributed by atoms with E-state index in [1.165, 1.54) is 0 Å². The molecular weight excluding hydrogens is 243 g/mol. The molecule has 0 saturated heterocycles. The smallest absolute Gasteiger partial charge is 0.354 e. The molecule has 16 heavy (non-hydrogen) atoms. The fraction of sp³-hybridized carbons (Fsp3) is 0.556. The summed E-state index contributed by atoms with van der Waals surface area (Å²) in [6, 6.07) is 0.829. The summed E-state index contributed by atoms with van der Waals surface area (Å²) >= 11 is 5.69. The van der Waals surface area contributed by atoms with Crippen LogP contribution in [0.4, 0.5) is 19.1 Å². The van der Waals surface area contributed by atoms with Gasteiger partial charge >= 0.3 is 6.18 Å². The van der Waals surface area contributed by atoms with Gasteiger partial charge in [0.05, 0.1) is 0 Å². The summed E-state index contributed by atoms with van der Waals surface area (Å²) in [5, 5.41) is 2.64. The van der Waals surface area contributed by atoms with Crippen molar-refractivity contribution in [3.63, 3.8) is 0 Å². The number of halogens is 4. The molecule has 1 rings (SSSR count). The minimum Gasteiger partial charge on any atom is -0.354 e. The Morgan fingerprint density at radius 3 is 2.75 bits per heavy atom. The highest BCUT2D eigenvalue weighted by Crippen LogP contribution is 2.27. The zero-order valence-corrected chi connectivity index (χ0v) is 9.31. The van der Waals surface area contributed by atoms with E-state index in [-0.39, 0.29) is 11.3 Å². The van der Waals surface area contributed by atoms with Crippen LogP contribution in [0.5, 0.6) is 0 Å². The molecule has 0 aliphatic rings. The van der Waals surface area contributed by atoms with Crippen molar-refractivity contribution >= 4 is 17.5 Å². The summed E-state index contributed by atoms with van der Waals surface area (Å²) in [5.41, 5.74) is -0.955. The fourth-order valence-corrected chi connectivity index (χ4v) is 1.09. The average Bonchev–Trinajstić information content (AvgIpc) is 2.16. The minimum absolute atomic E-state index is 0.0351. The van der Waals surface area contributed by atoms with Crippen LogP contribution in [0.25, 0.3) is 0 Å². The maximum atomic E-state index is 12.3. The monoisotopic (exact) mass is 253 g/mol. The van der Waals surface area contributed by atoms with E-state index in [4.69, 9.17) is 11.6 Å². The minimum atomic E-state index is -4.45. The Bertz CT molecular complexity index is 341. The number of rotatable bonds is 4. The molecule has 0 radical (unpaired) electrons. The first-order chi connectivity index (χ1) is 7.39. The molecule has 0 fully saturated rings. The van der Waals surface area contributed by atoms with Crippen LogP contribution in [0, 0.1) is 0 Å². The van der Waals surface area contributed by atoms with Crippen LogP contribution in [0.15, 0.2) is 12.3 Å². The van der Waals surface area contributed by atoms with E-state index in [1.807, 2.05) is 0 Å². The highest BCUT2D eigenvalue weighted by atomic mass is 35.5. The van der Waals surface area contributed by atoms with Crippen LogP contribution in [0.2, 0.25) is 0 Å². The second-order valence-corrected chi connectivity index (χ2v) is 4.00. The predicted octanol–water partition coefficient (Wildman–Crippen LogP) is 2.92. The lowest BCUT2D eigenvalue weighted by molar-refractivity contribution is -0.141. The van der Waals surface area contributed by atoms with Gasteiger partial charge in [0.15, 0.2) is 0 Å². The molecule has 0 bridgehead atoms. The topological polar surface area (TPSA) is 37.8 Å². The van der Waals surface area contributed by atoms with E-state index >= 15 is 0 Å². The van der Waals surface area contributed by atoms with Gasteiger partial charge in [0.1, 0.15) is 5.69 Å². The summed E-state index contributed by atoms with van der Waals surface area (Å²) in [6.07, 6.45) is -2.75. The van der Waals surface area contributed by atoms with Crippen molar-refractivity contribution in [3.8, 4) is 0 Å². The highest BCUT2D eigenvalue weighted by Gasteiger charge is 2.32. The second-order valence-electron chi connectivity index (χ2n) is 3.26.